The van der Waals surface area contributed by atoms with E-state index >= 15 is 0 Å². The van der Waals surface area contributed by atoms with Crippen LogP contribution in [0.25, 0.3) is 0 Å². The van der Waals surface area contributed by atoms with Crippen LogP contribution in [-0.2, 0) is 11.3 Å². The van der Waals surface area contributed by atoms with Gasteiger partial charge in [-0.15, -0.1) is 0 Å². The molecule has 2 aliphatic rings. The molecule has 3 amide bonds. The zero-order valence-electron chi connectivity index (χ0n) is 18.7. The van der Waals surface area contributed by atoms with Gasteiger partial charge in [0, 0.05) is 31.7 Å². The van der Waals surface area contributed by atoms with Crippen LogP contribution in [0.4, 0.5) is 4.79 Å². The highest BCUT2D eigenvalue weighted by molar-refractivity contribution is 6.07. The van der Waals surface area contributed by atoms with Gasteiger partial charge in [0.25, 0.3) is 5.91 Å². The number of furan rings is 1. The predicted octanol–water partition coefficient (Wildman–Crippen LogP) is 3.80. The van der Waals surface area contributed by atoms with Crippen LogP contribution in [0.15, 0.2) is 40.9 Å². The molecule has 1 atom stereocenters. The van der Waals surface area contributed by atoms with E-state index in [1.54, 1.807) is 11.1 Å². The number of aryl methyl sites for hydroxylation is 1. The molecule has 7 heteroatoms. The minimum atomic E-state index is -0.707. The number of piperidine rings is 1. The van der Waals surface area contributed by atoms with Crippen molar-refractivity contribution in [2.24, 2.45) is 0 Å². The summed E-state index contributed by atoms with van der Waals surface area (Å²) in [4.78, 5) is 36.4. The van der Waals surface area contributed by atoms with E-state index in [1.807, 2.05) is 38.1 Å². The van der Waals surface area contributed by atoms with Crippen LogP contribution in [0.2, 0.25) is 0 Å². The van der Waals surface area contributed by atoms with Crippen LogP contribution < -0.4 is 0 Å². The normalized spacial score (nSPS) is 20.1. The summed E-state index contributed by atoms with van der Waals surface area (Å²) < 4.78 is 5.76. The van der Waals surface area contributed by atoms with Crippen molar-refractivity contribution >= 4 is 11.9 Å². The van der Waals surface area contributed by atoms with Gasteiger partial charge in [-0.1, -0.05) is 13.0 Å². The number of carbonyl (C=O) groups excluding carboxylic acids is 2. The van der Waals surface area contributed by atoms with Crippen molar-refractivity contribution in [3.8, 4) is 0 Å². The van der Waals surface area contributed by atoms with Crippen LogP contribution in [0, 0.1) is 6.92 Å². The summed E-state index contributed by atoms with van der Waals surface area (Å²) in [7, 11) is 0. The second kappa shape index (κ2) is 8.83. The third-order valence-electron chi connectivity index (χ3n) is 6.79. The molecule has 0 aliphatic carbocycles. The monoisotopic (exact) mass is 424 g/mol. The standard InChI is InChI=1S/C24H32N4O3/c1-4-28-23(30)27(17-20-7-5-6-13-25-20)22(29)24(28)11-15-26(16-12-24)14-10-18(2)21-9-8-19(3)31-21/h5-9,13,18H,4,10-12,14-17H2,1-3H3/t18-/m0/s1. The Labute approximate surface area is 184 Å². The van der Waals surface area contributed by atoms with Crippen molar-refractivity contribution < 1.29 is 14.0 Å². The molecular formula is C24H32N4O3. The third kappa shape index (κ3) is 4.11. The van der Waals surface area contributed by atoms with Crippen LogP contribution in [0.3, 0.4) is 0 Å². The summed E-state index contributed by atoms with van der Waals surface area (Å²) in [5, 5.41) is 0. The molecule has 0 bridgehead atoms. The molecule has 2 fully saturated rings. The number of nitrogens with zero attached hydrogens (tertiary/aromatic N) is 4. The zero-order chi connectivity index (χ0) is 22.0. The number of rotatable bonds is 7. The summed E-state index contributed by atoms with van der Waals surface area (Å²) >= 11 is 0. The van der Waals surface area contributed by atoms with E-state index in [-0.39, 0.29) is 18.5 Å². The number of hydrogen-bond donors (Lipinski definition) is 0. The molecule has 0 N–H and O–H groups in total. The summed E-state index contributed by atoms with van der Waals surface area (Å²) in [6, 6.07) is 9.45. The summed E-state index contributed by atoms with van der Waals surface area (Å²) in [6.45, 7) is 9.49. The Bertz CT molecular complexity index is 918. The minimum Gasteiger partial charge on any atom is -0.466 e. The molecule has 2 aromatic rings. The molecule has 0 saturated carbocycles. The fourth-order valence-corrected chi connectivity index (χ4v) is 4.88. The minimum absolute atomic E-state index is 0.0657. The lowest BCUT2D eigenvalue weighted by molar-refractivity contribution is -0.136. The number of carbonyl (C=O) groups is 2. The number of urea groups is 1. The first-order valence-corrected chi connectivity index (χ1v) is 11.3. The smallest absolute Gasteiger partial charge is 0.328 e. The summed E-state index contributed by atoms with van der Waals surface area (Å²) in [5.41, 5.74) is 0.0257. The van der Waals surface area contributed by atoms with Gasteiger partial charge in [0.2, 0.25) is 0 Å². The van der Waals surface area contributed by atoms with E-state index in [4.69, 9.17) is 4.42 Å². The number of hydrogen-bond acceptors (Lipinski definition) is 5. The average Bonchev–Trinajstić information content (AvgIpc) is 3.30. The molecule has 4 heterocycles. The largest absolute Gasteiger partial charge is 0.466 e. The quantitative estimate of drug-likeness (QED) is 0.633. The Morgan fingerprint density at radius 1 is 1.16 bits per heavy atom. The van der Waals surface area contributed by atoms with E-state index in [0.717, 1.165) is 43.3 Å². The van der Waals surface area contributed by atoms with E-state index in [0.29, 0.717) is 25.3 Å². The molecule has 0 unspecified atom stereocenters. The van der Waals surface area contributed by atoms with Crippen molar-refractivity contribution in [3.05, 3.63) is 53.7 Å². The lowest BCUT2D eigenvalue weighted by atomic mass is 9.85. The number of imide groups is 1. The molecule has 0 radical (unpaired) electrons. The molecule has 2 saturated heterocycles. The lowest BCUT2D eigenvalue weighted by Gasteiger charge is -2.42. The van der Waals surface area contributed by atoms with Crippen molar-refractivity contribution in [1.82, 2.24) is 19.7 Å². The van der Waals surface area contributed by atoms with Crippen LogP contribution in [-0.4, -0.2) is 63.3 Å². The highest BCUT2D eigenvalue weighted by atomic mass is 16.3. The third-order valence-corrected chi connectivity index (χ3v) is 6.79. The van der Waals surface area contributed by atoms with Gasteiger partial charge in [0.05, 0.1) is 12.2 Å². The Hall–Kier alpha value is -2.67. The highest BCUT2D eigenvalue weighted by Crippen LogP contribution is 2.38. The van der Waals surface area contributed by atoms with Crippen molar-refractivity contribution in [1.29, 1.82) is 0 Å². The van der Waals surface area contributed by atoms with Crippen molar-refractivity contribution in [2.45, 2.75) is 58.0 Å². The molecule has 0 aromatic carbocycles. The maximum atomic E-state index is 13.4. The molecule has 2 aliphatic heterocycles. The van der Waals surface area contributed by atoms with Crippen LogP contribution >= 0.6 is 0 Å². The second-order valence-electron chi connectivity index (χ2n) is 8.75. The van der Waals surface area contributed by atoms with Gasteiger partial charge in [-0.2, -0.15) is 0 Å². The maximum absolute atomic E-state index is 13.4. The highest BCUT2D eigenvalue weighted by Gasteiger charge is 2.57. The Morgan fingerprint density at radius 2 is 1.94 bits per heavy atom. The molecule has 1 spiro atoms. The topological polar surface area (TPSA) is 69.9 Å². The Balaban J connectivity index is 1.39. The average molecular weight is 425 g/mol. The molecular weight excluding hydrogens is 392 g/mol. The first-order chi connectivity index (χ1) is 14.9. The number of likely N-dealkylation sites (N-methyl/N-ethyl adjacent to an activating group) is 1. The molecule has 2 aromatic heterocycles. The Kier molecular flexibility index (Phi) is 6.14. The van der Waals surface area contributed by atoms with Gasteiger partial charge in [0.1, 0.15) is 17.1 Å². The zero-order valence-corrected chi connectivity index (χ0v) is 18.7. The first-order valence-electron chi connectivity index (χ1n) is 11.3. The van der Waals surface area contributed by atoms with Crippen LogP contribution in [0.1, 0.15) is 56.2 Å². The molecule has 7 nitrogen and oxygen atoms in total. The van der Waals surface area contributed by atoms with Gasteiger partial charge in [0.15, 0.2) is 0 Å². The second-order valence-corrected chi connectivity index (χ2v) is 8.75. The van der Waals surface area contributed by atoms with E-state index in [1.165, 1.54) is 4.90 Å². The summed E-state index contributed by atoms with van der Waals surface area (Å²) in [5.74, 6) is 2.27. The summed E-state index contributed by atoms with van der Waals surface area (Å²) in [6.07, 6.45) is 4.06. The van der Waals surface area contributed by atoms with Gasteiger partial charge in [-0.05, 0) is 63.9 Å². The van der Waals surface area contributed by atoms with Gasteiger partial charge in [-0.3, -0.25) is 14.7 Å². The van der Waals surface area contributed by atoms with E-state index < -0.39 is 5.54 Å². The molecule has 166 valence electrons. The van der Waals surface area contributed by atoms with Crippen molar-refractivity contribution in [3.63, 3.8) is 0 Å². The Morgan fingerprint density at radius 3 is 2.55 bits per heavy atom. The van der Waals surface area contributed by atoms with Crippen LogP contribution in [0.5, 0.6) is 0 Å². The molecule has 31 heavy (non-hydrogen) atoms. The predicted molar refractivity (Wildman–Crippen MR) is 117 cm³/mol. The number of amides is 3. The fraction of sp³-hybridized carbons (Fsp3) is 0.542. The SMILES string of the molecule is CCN1C(=O)N(Cc2ccccn2)C(=O)C12CCN(CC[C@H](C)c1ccc(C)o1)CC2. The van der Waals surface area contributed by atoms with Gasteiger partial charge in [-0.25, -0.2) is 4.79 Å². The fourth-order valence-electron chi connectivity index (χ4n) is 4.88. The van der Waals surface area contributed by atoms with E-state index in [9.17, 15) is 9.59 Å². The number of pyridine rings is 1. The van der Waals surface area contributed by atoms with Crippen molar-refractivity contribution in [2.75, 3.05) is 26.2 Å². The number of likely N-dealkylation sites (tertiary alicyclic amines) is 1. The van der Waals surface area contributed by atoms with Gasteiger partial charge < -0.3 is 14.2 Å². The maximum Gasteiger partial charge on any atom is 0.328 e. The lowest BCUT2D eigenvalue weighted by Crippen LogP contribution is -2.56. The molecule has 4 rings (SSSR count). The van der Waals surface area contributed by atoms with Gasteiger partial charge >= 0.3 is 6.03 Å². The first kappa shape index (κ1) is 21.6. The number of aromatic nitrogens is 1. The van der Waals surface area contributed by atoms with E-state index in [2.05, 4.69) is 22.9 Å².